The summed E-state index contributed by atoms with van der Waals surface area (Å²) >= 11 is 12.4. The lowest BCUT2D eigenvalue weighted by Gasteiger charge is -2.42. The van der Waals surface area contributed by atoms with Crippen molar-refractivity contribution in [3.05, 3.63) is 33.8 Å². The number of benzene rings is 1. The molecule has 0 bridgehead atoms. The SMILES string of the molecule is CCOC(=O)C12CN(C(=O)OC(C)(C)C)CC(OC)C1(c1ccc(Cl)c(Cl)c1)C2. The summed E-state index contributed by atoms with van der Waals surface area (Å²) in [5.74, 6) is -0.346. The number of carbonyl (C=O) groups excluding carboxylic acids is 2. The minimum absolute atomic E-state index is 0.195. The summed E-state index contributed by atoms with van der Waals surface area (Å²) in [4.78, 5) is 27.4. The predicted octanol–water partition coefficient (Wildman–Crippen LogP) is 4.45. The standard InChI is InChI=1S/C21H27Cl2NO5/c1-6-28-17(25)20-11-21(20,13-7-8-14(22)15(23)9-13)16(27-5)10-24(12-20)18(26)29-19(2,3)4/h7-9,16H,6,10-12H2,1-5H3. The van der Waals surface area contributed by atoms with E-state index in [1.54, 1.807) is 51.8 Å². The maximum absolute atomic E-state index is 13.1. The molecule has 1 aliphatic heterocycles. The summed E-state index contributed by atoms with van der Waals surface area (Å²) < 4.78 is 16.8. The van der Waals surface area contributed by atoms with E-state index in [4.69, 9.17) is 37.4 Å². The van der Waals surface area contributed by atoms with Crippen molar-refractivity contribution in [2.75, 3.05) is 26.8 Å². The summed E-state index contributed by atoms with van der Waals surface area (Å²) in [6.45, 7) is 7.93. The molecule has 160 valence electrons. The molecule has 1 saturated carbocycles. The third kappa shape index (κ3) is 3.71. The fourth-order valence-corrected chi connectivity index (χ4v) is 4.76. The van der Waals surface area contributed by atoms with Crippen molar-refractivity contribution in [2.45, 2.75) is 51.2 Å². The second-order valence-corrected chi connectivity index (χ2v) is 9.48. The molecule has 1 saturated heterocycles. The Morgan fingerprint density at radius 2 is 1.93 bits per heavy atom. The van der Waals surface area contributed by atoms with Gasteiger partial charge in [0.15, 0.2) is 0 Å². The molecule has 2 fully saturated rings. The molecule has 1 amide bonds. The monoisotopic (exact) mass is 443 g/mol. The van der Waals surface area contributed by atoms with E-state index in [9.17, 15) is 9.59 Å². The van der Waals surface area contributed by atoms with Gasteiger partial charge in [0.1, 0.15) is 5.60 Å². The predicted molar refractivity (Wildman–Crippen MR) is 110 cm³/mol. The van der Waals surface area contributed by atoms with Crippen LogP contribution in [0.2, 0.25) is 10.0 Å². The van der Waals surface area contributed by atoms with Gasteiger partial charge in [0, 0.05) is 19.1 Å². The lowest BCUT2D eigenvalue weighted by Crippen LogP contribution is -2.56. The van der Waals surface area contributed by atoms with Crippen LogP contribution in [0.25, 0.3) is 0 Å². The molecule has 0 N–H and O–H groups in total. The van der Waals surface area contributed by atoms with E-state index in [-0.39, 0.29) is 19.1 Å². The Morgan fingerprint density at radius 3 is 2.48 bits per heavy atom. The van der Waals surface area contributed by atoms with E-state index in [0.717, 1.165) is 5.56 Å². The molecular weight excluding hydrogens is 417 g/mol. The second kappa shape index (κ2) is 7.64. The van der Waals surface area contributed by atoms with Gasteiger partial charge < -0.3 is 19.1 Å². The number of fused-ring (bicyclic) bond motifs is 1. The van der Waals surface area contributed by atoms with Crippen LogP contribution in [-0.4, -0.2) is 55.5 Å². The second-order valence-electron chi connectivity index (χ2n) is 8.66. The van der Waals surface area contributed by atoms with E-state index in [0.29, 0.717) is 23.0 Å². The smallest absolute Gasteiger partial charge is 0.410 e. The largest absolute Gasteiger partial charge is 0.465 e. The minimum atomic E-state index is -0.921. The van der Waals surface area contributed by atoms with Crippen molar-refractivity contribution in [3.63, 3.8) is 0 Å². The van der Waals surface area contributed by atoms with Crippen molar-refractivity contribution < 1.29 is 23.8 Å². The first kappa shape index (κ1) is 22.2. The molecule has 3 atom stereocenters. The van der Waals surface area contributed by atoms with Crippen LogP contribution in [-0.2, 0) is 24.4 Å². The van der Waals surface area contributed by atoms with Crippen LogP contribution in [0, 0.1) is 5.41 Å². The normalized spacial score (nSPS) is 28.5. The van der Waals surface area contributed by atoms with Crippen LogP contribution >= 0.6 is 23.2 Å². The van der Waals surface area contributed by atoms with Crippen LogP contribution in [0.15, 0.2) is 18.2 Å². The quantitative estimate of drug-likeness (QED) is 0.642. The molecule has 6 nitrogen and oxygen atoms in total. The Labute approximate surface area is 181 Å². The number of methoxy groups -OCH3 is 1. The van der Waals surface area contributed by atoms with Gasteiger partial charge in [-0.1, -0.05) is 29.3 Å². The minimum Gasteiger partial charge on any atom is -0.465 e. The van der Waals surface area contributed by atoms with Crippen molar-refractivity contribution in [1.29, 1.82) is 0 Å². The maximum atomic E-state index is 13.1. The number of hydrogen-bond acceptors (Lipinski definition) is 5. The molecule has 2 aliphatic rings. The Bertz CT molecular complexity index is 824. The maximum Gasteiger partial charge on any atom is 0.410 e. The first-order valence-electron chi connectivity index (χ1n) is 9.64. The highest BCUT2D eigenvalue weighted by atomic mass is 35.5. The zero-order valence-corrected chi connectivity index (χ0v) is 18.9. The first-order chi connectivity index (χ1) is 13.5. The average Bonchev–Trinajstić information content (AvgIpc) is 3.33. The summed E-state index contributed by atoms with van der Waals surface area (Å²) in [5, 5.41) is 0.849. The molecule has 1 aromatic rings. The van der Waals surface area contributed by atoms with Gasteiger partial charge in [-0.05, 0) is 51.8 Å². The van der Waals surface area contributed by atoms with Gasteiger partial charge >= 0.3 is 12.1 Å². The molecule has 29 heavy (non-hydrogen) atoms. The van der Waals surface area contributed by atoms with Crippen LogP contribution in [0.4, 0.5) is 4.79 Å². The summed E-state index contributed by atoms with van der Waals surface area (Å²) in [5.41, 5.74) is -1.34. The number of halogens is 2. The van der Waals surface area contributed by atoms with Crippen molar-refractivity contribution in [1.82, 2.24) is 4.90 Å². The molecule has 1 heterocycles. The number of carbonyl (C=O) groups is 2. The average molecular weight is 444 g/mol. The molecule has 1 aromatic carbocycles. The molecule has 0 radical (unpaired) electrons. The van der Waals surface area contributed by atoms with Gasteiger partial charge in [-0.15, -0.1) is 0 Å². The van der Waals surface area contributed by atoms with Gasteiger partial charge in [0.25, 0.3) is 0 Å². The highest BCUT2D eigenvalue weighted by Crippen LogP contribution is 2.70. The van der Waals surface area contributed by atoms with Gasteiger partial charge in [-0.2, -0.15) is 0 Å². The van der Waals surface area contributed by atoms with E-state index < -0.39 is 28.6 Å². The molecule has 3 rings (SSSR count). The van der Waals surface area contributed by atoms with Crippen LogP contribution in [0.1, 0.15) is 39.7 Å². The Balaban J connectivity index is 2.02. The third-order valence-electron chi connectivity index (χ3n) is 5.74. The van der Waals surface area contributed by atoms with Crippen LogP contribution in [0.3, 0.4) is 0 Å². The highest BCUT2D eigenvalue weighted by molar-refractivity contribution is 6.42. The van der Waals surface area contributed by atoms with Gasteiger partial charge in [0.05, 0.1) is 34.7 Å². The lowest BCUT2D eigenvalue weighted by atomic mass is 9.78. The molecule has 1 aliphatic carbocycles. The third-order valence-corrected chi connectivity index (χ3v) is 6.48. The number of likely N-dealkylation sites (tertiary alicyclic amines) is 1. The zero-order valence-electron chi connectivity index (χ0n) is 17.4. The summed E-state index contributed by atoms with van der Waals surface area (Å²) in [6, 6.07) is 5.36. The number of piperidine rings is 1. The number of rotatable bonds is 4. The van der Waals surface area contributed by atoms with E-state index >= 15 is 0 Å². The van der Waals surface area contributed by atoms with Crippen molar-refractivity contribution >= 4 is 35.3 Å². The van der Waals surface area contributed by atoms with Gasteiger partial charge in [0.2, 0.25) is 0 Å². The summed E-state index contributed by atoms with van der Waals surface area (Å²) in [6.07, 6.45) is -0.405. The topological polar surface area (TPSA) is 65.1 Å². The number of nitrogens with zero attached hydrogens (tertiary/aromatic N) is 1. The van der Waals surface area contributed by atoms with E-state index in [1.807, 2.05) is 6.07 Å². The van der Waals surface area contributed by atoms with Crippen LogP contribution < -0.4 is 0 Å². The zero-order chi connectivity index (χ0) is 21.6. The van der Waals surface area contributed by atoms with E-state index in [2.05, 4.69) is 0 Å². The number of amides is 1. The first-order valence-corrected chi connectivity index (χ1v) is 10.4. The molecule has 0 spiro atoms. The molecular formula is C21H27Cl2NO5. The fraction of sp³-hybridized carbons (Fsp3) is 0.619. The summed E-state index contributed by atoms with van der Waals surface area (Å²) in [7, 11) is 1.58. The van der Waals surface area contributed by atoms with Gasteiger partial charge in [-0.3, -0.25) is 4.79 Å². The lowest BCUT2D eigenvalue weighted by molar-refractivity contribution is -0.154. The van der Waals surface area contributed by atoms with E-state index in [1.165, 1.54) is 0 Å². The number of ether oxygens (including phenoxy) is 3. The molecule has 8 heteroatoms. The highest BCUT2D eigenvalue weighted by Gasteiger charge is 2.79. The number of hydrogen-bond donors (Lipinski definition) is 0. The Hall–Kier alpha value is -1.50. The Morgan fingerprint density at radius 1 is 1.24 bits per heavy atom. The molecule has 3 unspecified atom stereocenters. The fourth-order valence-electron chi connectivity index (χ4n) is 4.46. The van der Waals surface area contributed by atoms with Gasteiger partial charge in [-0.25, -0.2) is 4.79 Å². The van der Waals surface area contributed by atoms with Crippen molar-refractivity contribution in [2.24, 2.45) is 5.41 Å². The van der Waals surface area contributed by atoms with Crippen molar-refractivity contribution in [3.8, 4) is 0 Å². The Kier molecular flexibility index (Phi) is 5.84. The molecule has 0 aromatic heterocycles. The van der Waals surface area contributed by atoms with Crippen LogP contribution in [0.5, 0.6) is 0 Å². The number of esters is 1.